The van der Waals surface area contributed by atoms with Crippen molar-refractivity contribution in [3.05, 3.63) is 34.9 Å². The molecule has 0 aromatic heterocycles. The second-order valence-corrected chi connectivity index (χ2v) is 6.86. The van der Waals surface area contributed by atoms with E-state index < -0.39 is 0 Å². The van der Waals surface area contributed by atoms with Crippen LogP contribution in [0.25, 0.3) is 0 Å². The van der Waals surface area contributed by atoms with E-state index in [1.807, 2.05) is 0 Å². The topological polar surface area (TPSA) is 0 Å². The Hall–Kier alpha value is -0.780. The number of rotatable bonds is 2. The van der Waals surface area contributed by atoms with E-state index in [9.17, 15) is 0 Å². The average Bonchev–Trinajstić information content (AvgIpc) is 1.96. The molecule has 16 heavy (non-hydrogen) atoms. The minimum atomic E-state index is 0.239. The van der Waals surface area contributed by atoms with Crippen molar-refractivity contribution in [1.82, 2.24) is 0 Å². The first kappa shape index (κ1) is 13.3. The molecule has 0 nitrogen and oxygen atoms in total. The number of benzene rings is 1. The molecule has 0 saturated carbocycles. The summed E-state index contributed by atoms with van der Waals surface area (Å²) in [5, 5.41) is 0. The number of aryl methyl sites for hydroxylation is 2. The largest absolute Gasteiger partial charge is 0.0601 e. The predicted octanol–water partition coefficient (Wildman–Crippen LogP) is 4.82. The summed E-state index contributed by atoms with van der Waals surface area (Å²) in [7, 11) is 0. The van der Waals surface area contributed by atoms with Gasteiger partial charge in [-0.3, -0.25) is 0 Å². The van der Waals surface area contributed by atoms with Gasteiger partial charge in [0.25, 0.3) is 0 Å². The third kappa shape index (κ3) is 3.66. The van der Waals surface area contributed by atoms with Crippen molar-refractivity contribution in [3.8, 4) is 0 Å². The zero-order valence-electron chi connectivity index (χ0n) is 11.9. The third-order valence-corrected chi connectivity index (χ3v) is 2.89. The van der Waals surface area contributed by atoms with Crippen LogP contribution in [0.15, 0.2) is 12.1 Å². The summed E-state index contributed by atoms with van der Waals surface area (Å²) in [4.78, 5) is 0. The van der Waals surface area contributed by atoms with E-state index in [1.54, 1.807) is 0 Å². The molecule has 1 aromatic carbocycles. The fourth-order valence-electron chi connectivity index (χ4n) is 2.71. The van der Waals surface area contributed by atoms with Crippen LogP contribution in [-0.2, 0) is 5.41 Å². The van der Waals surface area contributed by atoms with E-state index in [-0.39, 0.29) is 5.41 Å². The van der Waals surface area contributed by atoms with Crippen molar-refractivity contribution in [2.45, 2.75) is 60.3 Å². The van der Waals surface area contributed by atoms with Crippen molar-refractivity contribution in [2.75, 3.05) is 0 Å². The fourth-order valence-corrected chi connectivity index (χ4v) is 2.71. The highest BCUT2D eigenvalue weighted by molar-refractivity contribution is 5.32. The Morgan fingerprint density at radius 2 is 1.38 bits per heavy atom. The molecule has 89 valence electrons. The van der Waals surface area contributed by atoms with Crippen LogP contribution in [0.1, 0.15) is 57.7 Å². The Balaban J connectivity index is 3.06. The first-order valence-corrected chi connectivity index (χ1v) is 6.11. The molecule has 1 rings (SSSR count). The molecule has 0 heteroatoms. The van der Waals surface area contributed by atoms with E-state index in [2.05, 4.69) is 66.7 Å². The summed E-state index contributed by atoms with van der Waals surface area (Å²) in [6, 6.07) is 7.90. The van der Waals surface area contributed by atoms with Crippen molar-refractivity contribution in [3.63, 3.8) is 0 Å². The van der Waals surface area contributed by atoms with Gasteiger partial charge in [-0.1, -0.05) is 46.8 Å². The molecule has 0 saturated heterocycles. The summed E-state index contributed by atoms with van der Waals surface area (Å²) in [6.07, 6.45) is 1.20. The average molecular weight is 217 g/mol. The molecule has 0 aliphatic heterocycles. The molecule has 0 atom stereocenters. The lowest BCUT2D eigenvalue weighted by Crippen LogP contribution is -2.25. The Morgan fingerprint density at radius 1 is 0.938 bits per heavy atom. The third-order valence-electron chi connectivity index (χ3n) is 2.89. The van der Waals surface area contributed by atoms with E-state index >= 15 is 0 Å². The number of hydrogen-bond donors (Lipinski definition) is 0. The quantitative estimate of drug-likeness (QED) is 0.666. The van der Waals surface area contributed by atoms with Gasteiger partial charge in [-0.15, -0.1) is 0 Å². The first-order valence-electron chi connectivity index (χ1n) is 6.11. The van der Waals surface area contributed by atoms with Crippen molar-refractivity contribution < 1.29 is 0 Å². The summed E-state index contributed by atoms with van der Waals surface area (Å²) >= 11 is 0. The smallest absolute Gasteiger partial charge is 0.00984 e. The molecule has 0 amide bonds. The van der Waals surface area contributed by atoms with Gasteiger partial charge in [0.1, 0.15) is 0 Å². The van der Waals surface area contributed by atoms with Gasteiger partial charge in [0.05, 0.1) is 0 Å². The highest BCUT2D eigenvalue weighted by Gasteiger charge is 2.27. The normalized spacial score (nSPS) is 12.9. The zero-order chi connectivity index (χ0) is 12.6. The maximum Gasteiger partial charge on any atom is -0.00984 e. The lowest BCUT2D eigenvalue weighted by molar-refractivity contribution is 0.284. The molecule has 1 radical (unpaired) electrons. The van der Waals surface area contributed by atoms with Gasteiger partial charge in [-0.2, -0.15) is 0 Å². The molecule has 0 bridgehead atoms. The maximum atomic E-state index is 3.35. The first-order chi connectivity index (χ1) is 7.10. The second-order valence-electron chi connectivity index (χ2n) is 6.86. The fraction of sp³-hybridized carbons (Fsp3) is 0.625. The van der Waals surface area contributed by atoms with Gasteiger partial charge in [0.2, 0.25) is 0 Å². The molecule has 0 heterocycles. The summed E-state index contributed by atoms with van der Waals surface area (Å²) in [5.41, 5.74) is 4.54. The van der Waals surface area contributed by atoms with Crippen LogP contribution < -0.4 is 0 Å². The lowest BCUT2D eigenvalue weighted by Gasteiger charge is -2.33. The van der Waals surface area contributed by atoms with Crippen LogP contribution in [-0.4, -0.2) is 0 Å². The van der Waals surface area contributed by atoms with Crippen LogP contribution in [0.2, 0.25) is 0 Å². The van der Waals surface area contributed by atoms with Gasteiger partial charge < -0.3 is 0 Å². The van der Waals surface area contributed by atoms with E-state index in [0.29, 0.717) is 5.41 Å². The molecule has 1 aromatic rings. The molecule has 0 spiro atoms. The summed E-state index contributed by atoms with van der Waals surface area (Å²) < 4.78 is 0. The zero-order valence-corrected chi connectivity index (χ0v) is 11.9. The standard InChI is InChI=1S/C16H25/c1-12-8-13(2)10-14(9-12)16(6,7)11-15(3,4)5/h9-10H,11H2,1-7H3. The molecule has 0 N–H and O–H groups in total. The molecule has 0 fully saturated rings. The predicted molar refractivity (Wildman–Crippen MR) is 71.9 cm³/mol. The minimum absolute atomic E-state index is 0.239. The second kappa shape index (κ2) is 4.24. The molecule has 0 aliphatic carbocycles. The van der Waals surface area contributed by atoms with Crippen LogP contribution >= 0.6 is 0 Å². The Labute approximate surface area is 101 Å². The van der Waals surface area contributed by atoms with Gasteiger partial charge in [0, 0.05) is 0 Å². The van der Waals surface area contributed by atoms with Gasteiger partial charge >= 0.3 is 0 Å². The maximum absolute atomic E-state index is 3.35. The van der Waals surface area contributed by atoms with Gasteiger partial charge in [-0.25, -0.2) is 0 Å². The number of hydrogen-bond acceptors (Lipinski definition) is 0. The molecule has 0 aliphatic rings. The van der Waals surface area contributed by atoms with Gasteiger partial charge in [0.15, 0.2) is 0 Å². The van der Waals surface area contributed by atoms with Crippen LogP contribution in [0, 0.1) is 25.3 Å². The Bertz CT molecular complexity index is 344. The highest BCUT2D eigenvalue weighted by Crippen LogP contribution is 2.36. The van der Waals surface area contributed by atoms with Crippen molar-refractivity contribution in [2.24, 2.45) is 5.41 Å². The van der Waals surface area contributed by atoms with E-state index in [1.165, 1.54) is 23.1 Å². The van der Waals surface area contributed by atoms with Crippen molar-refractivity contribution >= 4 is 0 Å². The SMILES string of the molecule is Cc1[c]c(C)cc(C(C)(C)CC(C)(C)C)c1. The summed E-state index contributed by atoms with van der Waals surface area (Å²) in [5.74, 6) is 0. The highest BCUT2D eigenvalue weighted by atomic mass is 14.3. The molecule has 0 unspecified atom stereocenters. The minimum Gasteiger partial charge on any atom is -0.0601 e. The Morgan fingerprint density at radius 3 is 1.75 bits per heavy atom. The van der Waals surface area contributed by atoms with Gasteiger partial charge in [-0.05, 0) is 53.9 Å². The van der Waals surface area contributed by atoms with Crippen LogP contribution in [0.3, 0.4) is 0 Å². The Kier molecular flexibility index (Phi) is 3.52. The van der Waals surface area contributed by atoms with Crippen LogP contribution in [0.5, 0.6) is 0 Å². The van der Waals surface area contributed by atoms with E-state index in [0.717, 1.165) is 0 Å². The molecular weight excluding hydrogens is 192 g/mol. The molecular formula is C16H25. The summed E-state index contributed by atoms with van der Waals surface area (Å²) in [6.45, 7) is 15.9. The van der Waals surface area contributed by atoms with E-state index in [4.69, 9.17) is 0 Å². The lowest BCUT2D eigenvalue weighted by atomic mass is 9.72. The van der Waals surface area contributed by atoms with Crippen molar-refractivity contribution in [1.29, 1.82) is 0 Å². The van der Waals surface area contributed by atoms with Crippen LogP contribution in [0.4, 0.5) is 0 Å². The monoisotopic (exact) mass is 217 g/mol.